The Kier molecular flexibility index (Phi) is 4.44. The third-order valence-corrected chi connectivity index (χ3v) is 4.62. The summed E-state index contributed by atoms with van der Waals surface area (Å²) in [5.74, 6) is 0.848. The van der Waals surface area contributed by atoms with E-state index in [2.05, 4.69) is 26.3 Å². The largest absolute Gasteiger partial charge is 0.336 e. The molecule has 1 fully saturated rings. The number of carbonyl (C=O) groups excluding carboxylic acids is 1. The summed E-state index contributed by atoms with van der Waals surface area (Å²) in [5.41, 5.74) is 0.567. The number of aryl methyl sites for hydroxylation is 1. The molecule has 1 saturated heterocycles. The van der Waals surface area contributed by atoms with Crippen LogP contribution in [0.2, 0.25) is 0 Å². The Morgan fingerprint density at radius 1 is 1.45 bits per heavy atom. The van der Waals surface area contributed by atoms with E-state index in [1.807, 2.05) is 24.0 Å². The van der Waals surface area contributed by atoms with E-state index in [0.717, 1.165) is 30.2 Å². The Balaban J connectivity index is 1.58. The molecule has 1 atom stereocenters. The highest BCUT2D eigenvalue weighted by molar-refractivity contribution is 7.05. The molecule has 1 unspecified atom stereocenters. The molecule has 2 aromatic heterocycles. The van der Waals surface area contributed by atoms with Gasteiger partial charge in [0.1, 0.15) is 11.5 Å². The summed E-state index contributed by atoms with van der Waals surface area (Å²) in [5, 5.41) is 0. The fourth-order valence-corrected chi connectivity index (χ4v) is 3.22. The summed E-state index contributed by atoms with van der Waals surface area (Å²) >= 11 is 1.38. The SMILES string of the molecule is Cc1cc(C(=O)N2CCC(N(C)Cc3ncccn3)C2)ns1. The molecular formula is C15H19N5OS. The molecule has 1 aliphatic heterocycles. The molecule has 0 radical (unpaired) electrons. The first kappa shape index (κ1) is 15.1. The number of hydrogen-bond acceptors (Lipinski definition) is 6. The van der Waals surface area contributed by atoms with E-state index in [4.69, 9.17) is 0 Å². The lowest BCUT2D eigenvalue weighted by atomic mass is 10.2. The minimum atomic E-state index is 0.0382. The Labute approximate surface area is 134 Å². The summed E-state index contributed by atoms with van der Waals surface area (Å²) < 4.78 is 4.21. The van der Waals surface area contributed by atoms with Gasteiger partial charge in [-0.05, 0) is 44.1 Å². The average Bonchev–Trinajstić information content (AvgIpc) is 3.16. The van der Waals surface area contributed by atoms with Gasteiger partial charge in [0.25, 0.3) is 5.91 Å². The first-order valence-corrected chi connectivity index (χ1v) is 8.09. The maximum atomic E-state index is 12.4. The molecule has 0 saturated carbocycles. The van der Waals surface area contributed by atoms with Crippen LogP contribution in [0.25, 0.3) is 0 Å². The third-order valence-electron chi connectivity index (χ3n) is 3.93. The van der Waals surface area contributed by atoms with Crippen molar-refractivity contribution in [3.63, 3.8) is 0 Å². The predicted molar refractivity (Wildman–Crippen MR) is 84.7 cm³/mol. The number of carbonyl (C=O) groups is 1. The Bertz CT molecular complexity index is 644. The van der Waals surface area contributed by atoms with Crippen LogP contribution in [0, 0.1) is 6.92 Å². The quantitative estimate of drug-likeness (QED) is 0.857. The lowest BCUT2D eigenvalue weighted by molar-refractivity contribution is 0.0774. The number of amides is 1. The van der Waals surface area contributed by atoms with Crippen LogP contribution < -0.4 is 0 Å². The van der Waals surface area contributed by atoms with Crippen molar-refractivity contribution < 1.29 is 4.79 Å². The summed E-state index contributed by atoms with van der Waals surface area (Å²) in [4.78, 5) is 26.1. The van der Waals surface area contributed by atoms with Crippen molar-refractivity contribution in [2.75, 3.05) is 20.1 Å². The van der Waals surface area contributed by atoms with E-state index in [-0.39, 0.29) is 5.91 Å². The van der Waals surface area contributed by atoms with Crippen molar-refractivity contribution in [3.8, 4) is 0 Å². The van der Waals surface area contributed by atoms with Crippen LogP contribution in [0.1, 0.15) is 27.6 Å². The Morgan fingerprint density at radius 3 is 2.91 bits per heavy atom. The first-order valence-electron chi connectivity index (χ1n) is 7.32. The monoisotopic (exact) mass is 317 g/mol. The molecule has 6 nitrogen and oxygen atoms in total. The van der Waals surface area contributed by atoms with E-state index < -0.39 is 0 Å². The molecule has 0 spiro atoms. The number of hydrogen-bond donors (Lipinski definition) is 0. The van der Waals surface area contributed by atoms with Crippen LogP contribution >= 0.6 is 11.5 Å². The number of likely N-dealkylation sites (tertiary alicyclic amines) is 1. The van der Waals surface area contributed by atoms with Crippen molar-refractivity contribution in [3.05, 3.63) is 40.9 Å². The smallest absolute Gasteiger partial charge is 0.273 e. The minimum absolute atomic E-state index is 0.0382. The van der Waals surface area contributed by atoms with Crippen LogP contribution in [0.3, 0.4) is 0 Å². The second kappa shape index (κ2) is 6.50. The van der Waals surface area contributed by atoms with Crippen LogP contribution in [-0.4, -0.2) is 56.2 Å². The van der Waals surface area contributed by atoms with Gasteiger partial charge in [-0.2, -0.15) is 4.37 Å². The standard InChI is InChI=1S/C15H19N5OS/c1-11-8-13(18-22-11)15(21)20-7-4-12(9-20)19(2)10-14-16-5-3-6-17-14/h3,5-6,8,12H,4,7,9-10H2,1-2H3. The number of rotatable bonds is 4. The first-order chi connectivity index (χ1) is 10.6. The van der Waals surface area contributed by atoms with Gasteiger partial charge < -0.3 is 4.90 Å². The van der Waals surface area contributed by atoms with Crippen LogP contribution in [0.15, 0.2) is 24.5 Å². The van der Waals surface area contributed by atoms with Gasteiger partial charge in [0, 0.05) is 36.4 Å². The second-order valence-corrected chi connectivity index (χ2v) is 6.61. The highest BCUT2D eigenvalue weighted by Gasteiger charge is 2.30. The van der Waals surface area contributed by atoms with Crippen LogP contribution in [-0.2, 0) is 6.54 Å². The van der Waals surface area contributed by atoms with E-state index in [1.54, 1.807) is 12.4 Å². The maximum Gasteiger partial charge on any atom is 0.273 e. The van der Waals surface area contributed by atoms with Gasteiger partial charge >= 0.3 is 0 Å². The van der Waals surface area contributed by atoms with Gasteiger partial charge in [-0.25, -0.2) is 9.97 Å². The molecular weight excluding hydrogens is 298 g/mol. The maximum absolute atomic E-state index is 12.4. The molecule has 3 heterocycles. The molecule has 0 bridgehead atoms. The fraction of sp³-hybridized carbons (Fsp3) is 0.467. The van der Waals surface area contributed by atoms with Crippen LogP contribution in [0.5, 0.6) is 0 Å². The second-order valence-electron chi connectivity index (χ2n) is 5.60. The van der Waals surface area contributed by atoms with Crippen molar-refractivity contribution >= 4 is 17.4 Å². The third kappa shape index (κ3) is 3.31. The summed E-state index contributed by atoms with van der Waals surface area (Å²) in [6.07, 6.45) is 4.48. The number of aromatic nitrogens is 3. The molecule has 22 heavy (non-hydrogen) atoms. The lowest BCUT2D eigenvalue weighted by Gasteiger charge is -2.23. The van der Waals surface area contributed by atoms with E-state index in [1.165, 1.54) is 11.5 Å². The van der Waals surface area contributed by atoms with Gasteiger partial charge in [0.2, 0.25) is 0 Å². The van der Waals surface area contributed by atoms with Crippen molar-refractivity contribution in [2.45, 2.75) is 25.9 Å². The number of nitrogens with zero attached hydrogens (tertiary/aromatic N) is 5. The van der Waals surface area contributed by atoms with Crippen molar-refractivity contribution in [2.24, 2.45) is 0 Å². The van der Waals surface area contributed by atoms with Gasteiger partial charge in [0.05, 0.1) is 6.54 Å². The predicted octanol–water partition coefficient (Wildman–Crippen LogP) is 1.59. The lowest BCUT2D eigenvalue weighted by Crippen LogP contribution is -2.36. The highest BCUT2D eigenvalue weighted by Crippen LogP contribution is 2.19. The normalized spacial score (nSPS) is 18.1. The molecule has 1 amide bonds. The topological polar surface area (TPSA) is 62.2 Å². The highest BCUT2D eigenvalue weighted by atomic mass is 32.1. The van der Waals surface area contributed by atoms with Crippen molar-refractivity contribution in [1.82, 2.24) is 24.1 Å². The molecule has 7 heteroatoms. The Morgan fingerprint density at radius 2 is 2.23 bits per heavy atom. The van der Waals surface area contributed by atoms with Crippen LogP contribution in [0.4, 0.5) is 0 Å². The molecule has 0 N–H and O–H groups in total. The zero-order chi connectivity index (χ0) is 15.5. The molecule has 0 aliphatic carbocycles. The zero-order valence-electron chi connectivity index (χ0n) is 12.8. The minimum Gasteiger partial charge on any atom is -0.336 e. The summed E-state index contributed by atoms with van der Waals surface area (Å²) in [6, 6.07) is 4.02. The van der Waals surface area contributed by atoms with Gasteiger partial charge in [-0.3, -0.25) is 9.69 Å². The zero-order valence-corrected chi connectivity index (χ0v) is 13.6. The molecule has 0 aromatic carbocycles. The fourth-order valence-electron chi connectivity index (χ4n) is 2.68. The van der Waals surface area contributed by atoms with E-state index >= 15 is 0 Å². The van der Waals surface area contributed by atoms with Crippen molar-refractivity contribution in [1.29, 1.82) is 0 Å². The van der Waals surface area contributed by atoms with Gasteiger partial charge in [0.15, 0.2) is 0 Å². The van der Waals surface area contributed by atoms with Gasteiger partial charge in [-0.15, -0.1) is 0 Å². The van der Waals surface area contributed by atoms with E-state index in [0.29, 0.717) is 18.3 Å². The Hall–Kier alpha value is -1.86. The molecule has 1 aliphatic rings. The molecule has 116 valence electrons. The van der Waals surface area contributed by atoms with Gasteiger partial charge in [-0.1, -0.05) is 0 Å². The van der Waals surface area contributed by atoms with E-state index in [9.17, 15) is 4.79 Å². The molecule has 2 aromatic rings. The summed E-state index contributed by atoms with van der Waals surface area (Å²) in [7, 11) is 2.06. The molecule has 3 rings (SSSR count). The summed E-state index contributed by atoms with van der Waals surface area (Å²) in [6.45, 7) is 4.18. The average molecular weight is 317 g/mol. The number of likely N-dealkylation sites (N-methyl/N-ethyl adjacent to an activating group) is 1.